The number of hydrogen-bond donors (Lipinski definition) is 1. The quantitative estimate of drug-likeness (QED) is 0.388. The van der Waals surface area contributed by atoms with Crippen LogP contribution >= 0.6 is 0 Å². The molecule has 0 aliphatic carbocycles. The summed E-state index contributed by atoms with van der Waals surface area (Å²) < 4.78 is 65.4. The van der Waals surface area contributed by atoms with Crippen molar-refractivity contribution in [1.29, 1.82) is 5.26 Å². The SMILES string of the molecule is COCC1OC(=O)N(C(=O)NCCCN2CCC(C#N)(c3ccc(F)cc3F)CC2)C1c1ccc(F)c(F)c1. The highest BCUT2D eigenvalue weighted by Crippen LogP contribution is 2.37. The van der Waals surface area contributed by atoms with Gasteiger partial charge in [-0.25, -0.2) is 32.1 Å². The molecule has 3 amide bonds. The maximum absolute atomic E-state index is 14.4. The van der Waals surface area contributed by atoms with Gasteiger partial charge in [0.1, 0.15) is 17.7 Å². The lowest BCUT2D eigenvalue weighted by Crippen LogP contribution is -2.45. The summed E-state index contributed by atoms with van der Waals surface area (Å²) in [6, 6.07) is 6.83. The van der Waals surface area contributed by atoms with E-state index in [9.17, 15) is 32.4 Å². The van der Waals surface area contributed by atoms with Gasteiger partial charge in [-0.3, -0.25) is 0 Å². The minimum absolute atomic E-state index is 0.0554. The van der Waals surface area contributed by atoms with E-state index in [1.807, 2.05) is 0 Å². The number of cyclic esters (lactones) is 1. The van der Waals surface area contributed by atoms with Crippen LogP contribution < -0.4 is 5.32 Å². The number of rotatable bonds is 8. The topological polar surface area (TPSA) is 94.9 Å². The van der Waals surface area contributed by atoms with Gasteiger partial charge in [-0.2, -0.15) is 5.26 Å². The molecular weight excluding hydrogens is 520 g/mol. The normalized spacial score (nSPS) is 20.9. The second kappa shape index (κ2) is 12.0. The van der Waals surface area contributed by atoms with E-state index in [0.29, 0.717) is 38.9 Å². The average Bonchev–Trinajstić information content (AvgIpc) is 3.24. The molecule has 2 aromatic carbocycles. The zero-order valence-electron chi connectivity index (χ0n) is 21.3. The Morgan fingerprint density at radius 2 is 1.87 bits per heavy atom. The van der Waals surface area contributed by atoms with Gasteiger partial charge in [0.2, 0.25) is 0 Å². The third-order valence-electron chi connectivity index (χ3n) is 7.21. The van der Waals surface area contributed by atoms with Crippen molar-refractivity contribution < 1.29 is 36.6 Å². The molecule has 2 aliphatic rings. The number of nitrogens with one attached hydrogen (secondary N) is 1. The highest BCUT2D eigenvalue weighted by atomic mass is 19.2. The number of methoxy groups -OCH3 is 1. The van der Waals surface area contributed by atoms with E-state index in [1.54, 1.807) is 0 Å². The number of nitriles is 1. The van der Waals surface area contributed by atoms with E-state index >= 15 is 0 Å². The van der Waals surface area contributed by atoms with E-state index < -0.39 is 53.0 Å². The molecule has 0 saturated carbocycles. The average molecular weight is 549 g/mol. The van der Waals surface area contributed by atoms with E-state index in [-0.39, 0.29) is 24.3 Å². The molecule has 0 aromatic heterocycles. The van der Waals surface area contributed by atoms with Crippen LogP contribution in [-0.4, -0.2) is 67.9 Å². The van der Waals surface area contributed by atoms with Crippen LogP contribution in [0.3, 0.4) is 0 Å². The molecule has 2 atom stereocenters. The molecular formula is C27H28F4N4O4. The van der Waals surface area contributed by atoms with Gasteiger partial charge >= 0.3 is 12.1 Å². The smallest absolute Gasteiger partial charge is 0.419 e. The molecule has 8 nitrogen and oxygen atoms in total. The molecule has 0 spiro atoms. The highest BCUT2D eigenvalue weighted by Gasteiger charge is 2.46. The lowest BCUT2D eigenvalue weighted by Gasteiger charge is -2.37. The molecule has 2 heterocycles. The van der Waals surface area contributed by atoms with Crippen molar-refractivity contribution in [2.24, 2.45) is 0 Å². The highest BCUT2D eigenvalue weighted by molar-refractivity contribution is 5.93. The van der Waals surface area contributed by atoms with E-state index in [0.717, 1.165) is 29.2 Å². The van der Waals surface area contributed by atoms with Crippen LogP contribution in [0.5, 0.6) is 0 Å². The monoisotopic (exact) mass is 548 g/mol. The van der Waals surface area contributed by atoms with Crippen LogP contribution in [0, 0.1) is 34.6 Å². The Morgan fingerprint density at radius 1 is 1.13 bits per heavy atom. The maximum Gasteiger partial charge on any atom is 0.419 e. The number of carbonyl (C=O) groups is 2. The summed E-state index contributed by atoms with van der Waals surface area (Å²) in [6.07, 6.45) is -0.584. The van der Waals surface area contributed by atoms with Gasteiger partial charge < -0.3 is 19.7 Å². The largest absolute Gasteiger partial charge is 0.441 e. The minimum Gasteiger partial charge on any atom is -0.441 e. The zero-order valence-corrected chi connectivity index (χ0v) is 21.3. The molecule has 2 saturated heterocycles. The van der Waals surface area contributed by atoms with Gasteiger partial charge in [-0.05, 0) is 62.7 Å². The summed E-state index contributed by atoms with van der Waals surface area (Å²) in [5, 5.41) is 12.5. The first-order chi connectivity index (χ1) is 18.7. The molecule has 2 aromatic rings. The van der Waals surface area contributed by atoms with Gasteiger partial charge in [0.05, 0.1) is 18.1 Å². The number of urea groups is 1. The van der Waals surface area contributed by atoms with Gasteiger partial charge in [0.25, 0.3) is 0 Å². The van der Waals surface area contributed by atoms with E-state index in [2.05, 4.69) is 16.3 Å². The number of piperidine rings is 1. The standard InChI is InChI=1S/C27H28F4N4O4/c1-38-15-23-24(17-3-6-20(29)22(31)13-17)35(26(37)39-23)25(36)33-9-2-10-34-11-7-27(16-32,8-12-34)19-5-4-18(28)14-21(19)30/h3-6,13-14,23-24H,2,7-12,15H2,1H3,(H,33,36). The Labute approximate surface area is 223 Å². The number of ether oxygens (including phenoxy) is 2. The molecule has 1 N–H and O–H groups in total. The fourth-order valence-electron chi connectivity index (χ4n) is 5.15. The van der Waals surface area contributed by atoms with Crippen LogP contribution in [0.2, 0.25) is 0 Å². The Bertz CT molecular complexity index is 1260. The summed E-state index contributed by atoms with van der Waals surface area (Å²) >= 11 is 0. The van der Waals surface area contributed by atoms with Gasteiger partial charge in [0, 0.05) is 25.3 Å². The van der Waals surface area contributed by atoms with Crippen molar-refractivity contribution >= 4 is 12.1 Å². The van der Waals surface area contributed by atoms with Gasteiger partial charge in [-0.15, -0.1) is 0 Å². The Balaban J connectivity index is 1.32. The fraction of sp³-hybridized carbons (Fsp3) is 0.444. The number of carbonyl (C=O) groups excluding carboxylic acids is 2. The fourth-order valence-corrected chi connectivity index (χ4v) is 5.15. The van der Waals surface area contributed by atoms with Crippen molar-refractivity contribution in [1.82, 2.24) is 15.1 Å². The summed E-state index contributed by atoms with van der Waals surface area (Å²) in [5.74, 6) is -3.61. The number of hydrogen-bond acceptors (Lipinski definition) is 6. The van der Waals surface area contributed by atoms with Crippen LogP contribution in [0.4, 0.5) is 27.2 Å². The van der Waals surface area contributed by atoms with Crippen molar-refractivity contribution in [3.05, 3.63) is 70.8 Å². The first kappa shape index (κ1) is 28.3. The summed E-state index contributed by atoms with van der Waals surface area (Å²) in [7, 11) is 1.39. The van der Waals surface area contributed by atoms with E-state index in [4.69, 9.17) is 9.47 Å². The third kappa shape index (κ3) is 5.99. The third-order valence-corrected chi connectivity index (χ3v) is 7.21. The van der Waals surface area contributed by atoms with Crippen molar-refractivity contribution in [3.8, 4) is 6.07 Å². The number of likely N-dealkylation sites (tertiary alicyclic amines) is 1. The van der Waals surface area contributed by atoms with E-state index in [1.165, 1.54) is 19.2 Å². The Hall–Kier alpha value is -3.69. The predicted molar refractivity (Wildman–Crippen MR) is 130 cm³/mol. The molecule has 0 radical (unpaired) electrons. The molecule has 2 unspecified atom stereocenters. The molecule has 2 aliphatic heterocycles. The lowest BCUT2D eigenvalue weighted by molar-refractivity contribution is 0.0584. The second-order valence-corrected chi connectivity index (χ2v) is 9.61. The van der Waals surface area contributed by atoms with Crippen LogP contribution in [0.1, 0.15) is 36.4 Å². The number of nitrogens with zero attached hydrogens (tertiary/aromatic N) is 3. The summed E-state index contributed by atoms with van der Waals surface area (Å²) in [5.41, 5.74) is -0.659. The molecule has 2 fully saturated rings. The number of imide groups is 1. The van der Waals surface area contributed by atoms with Crippen molar-refractivity contribution in [3.63, 3.8) is 0 Å². The number of halogens is 4. The predicted octanol–water partition coefficient (Wildman–Crippen LogP) is 4.41. The molecule has 208 valence electrons. The zero-order chi connectivity index (χ0) is 28.2. The summed E-state index contributed by atoms with van der Waals surface area (Å²) in [4.78, 5) is 28.3. The molecule has 12 heteroatoms. The molecule has 0 bridgehead atoms. The lowest BCUT2D eigenvalue weighted by atomic mass is 9.73. The Morgan fingerprint density at radius 3 is 2.51 bits per heavy atom. The number of benzene rings is 2. The van der Waals surface area contributed by atoms with Crippen LogP contribution in [0.25, 0.3) is 0 Å². The molecule has 39 heavy (non-hydrogen) atoms. The van der Waals surface area contributed by atoms with Crippen molar-refractivity contribution in [2.45, 2.75) is 36.8 Å². The minimum atomic E-state index is -1.12. The summed E-state index contributed by atoms with van der Waals surface area (Å²) in [6.45, 7) is 1.73. The second-order valence-electron chi connectivity index (χ2n) is 9.61. The van der Waals surface area contributed by atoms with Crippen molar-refractivity contribution in [2.75, 3.05) is 39.9 Å². The van der Waals surface area contributed by atoms with Gasteiger partial charge in [-0.1, -0.05) is 12.1 Å². The number of amides is 3. The van der Waals surface area contributed by atoms with Crippen LogP contribution in [0.15, 0.2) is 36.4 Å². The Kier molecular flexibility index (Phi) is 8.72. The first-order valence-electron chi connectivity index (χ1n) is 12.5. The van der Waals surface area contributed by atoms with Crippen LogP contribution in [-0.2, 0) is 14.9 Å². The first-order valence-corrected chi connectivity index (χ1v) is 12.5. The maximum atomic E-state index is 14.4. The van der Waals surface area contributed by atoms with Gasteiger partial charge in [0.15, 0.2) is 17.7 Å². The molecule has 4 rings (SSSR count).